The second kappa shape index (κ2) is 9.67. The summed E-state index contributed by atoms with van der Waals surface area (Å²) in [5.41, 5.74) is 2.76. The minimum atomic E-state index is -0.0575. The smallest absolute Gasteiger partial charge is 0.271 e. The Kier molecular flexibility index (Phi) is 6.32. The molecule has 7 nitrogen and oxygen atoms in total. The molecule has 2 aliphatic heterocycles. The van der Waals surface area contributed by atoms with Crippen LogP contribution in [0.2, 0.25) is 0 Å². The van der Waals surface area contributed by atoms with Crippen molar-refractivity contribution in [1.82, 2.24) is 29.6 Å². The Morgan fingerprint density at radius 3 is 2.53 bits per heavy atom. The zero-order valence-corrected chi connectivity index (χ0v) is 18.7. The number of amides is 1. The average molecular weight is 433 g/mol. The third-order valence-electron chi connectivity index (χ3n) is 6.66. The van der Waals surface area contributed by atoms with Crippen LogP contribution < -0.4 is 5.32 Å². The predicted molar refractivity (Wildman–Crippen MR) is 123 cm³/mol. The summed E-state index contributed by atoms with van der Waals surface area (Å²) in [4.78, 5) is 17.9. The third-order valence-corrected chi connectivity index (χ3v) is 6.66. The number of nitrogens with one attached hydrogen (secondary N) is 1. The summed E-state index contributed by atoms with van der Waals surface area (Å²) < 4.78 is 4.55. The Bertz CT molecular complexity index is 1070. The Morgan fingerprint density at radius 1 is 0.906 bits per heavy atom. The zero-order chi connectivity index (χ0) is 21.8. The summed E-state index contributed by atoms with van der Waals surface area (Å²) in [6.07, 6.45) is 10.7. The maximum absolute atomic E-state index is 13.1. The molecule has 5 rings (SSSR count). The summed E-state index contributed by atoms with van der Waals surface area (Å²) in [5.74, 6) is 3.03. The Labute approximate surface area is 189 Å². The van der Waals surface area contributed by atoms with E-state index >= 15 is 0 Å². The number of fused-ring (bicyclic) bond motifs is 2. The van der Waals surface area contributed by atoms with Gasteiger partial charge in [0.15, 0.2) is 0 Å². The molecule has 1 aromatic carbocycles. The average Bonchev–Trinajstić information content (AvgIpc) is 3.16. The standard InChI is InChI=1S/C25H32N6O/c32-25(26-16-10-15-22-29-28-21-14-7-3-9-18-31(21)22)23-20-13-6-2-8-17-30(20)24(27-23)19-11-4-1-5-12-19/h1,4-5,11-12H,2-3,6-10,13-18H2,(H,26,32). The van der Waals surface area contributed by atoms with Gasteiger partial charge in [-0.15, -0.1) is 10.2 Å². The van der Waals surface area contributed by atoms with Crippen LogP contribution in [0.1, 0.15) is 72.8 Å². The molecule has 0 saturated carbocycles. The van der Waals surface area contributed by atoms with Crippen molar-refractivity contribution in [2.24, 2.45) is 0 Å². The SMILES string of the molecule is O=C(NCCCc1nnc2n1CCCCC2)c1nc(-c2ccccc2)n2c1CCCCC2. The molecular weight excluding hydrogens is 400 g/mol. The number of rotatable bonds is 6. The lowest BCUT2D eigenvalue weighted by molar-refractivity contribution is 0.0947. The molecule has 2 aromatic heterocycles. The van der Waals surface area contributed by atoms with Crippen LogP contribution >= 0.6 is 0 Å². The summed E-state index contributed by atoms with van der Waals surface area (Å²) in [5, 5.41) is 11.9. The van der Waals surface area contributed by atoms with Crippen LogP contribution in [0.3, 0.4) is 0 Å². The molecule has 32 heavy (non-hydrogen) atoms. The largest absolute Gasteiger partial charge is 0.351 e. The van der Waals surface area contributed by atoms with Crippen LogP contribution in [0, 0.1) is 0 Å². The Hall–Kier alpha value is -2.96. The van der Waals surface area contributed by atoms with Crippen LogP contribution in [-0.4, -0.2) is 36.8 Å². The summed E-state index contributed by atoms with van der Waals surface area (Å²) >= 11 is 0. The lowest BCUT2D eigenvalue weighted by Crippen LogP contribution is -2.26. The molecule has 0 atom stereocenters. The molecule has 0 saturated heterocycles. The maximum atomic E-state index is 13.1. The van der Waals surface area contributed by atoms with Gasteiger partial charge in [0.2, 0.25) is 0 Å². The van der Waals surface area contributed by atoms with E-state index in [0.29, 0.717) is 12.2 Å². The highest BCUT2D eigenvalue weighted by Gasteiger charge is 2.24. The van der Waals surface area contributed by atoms with Crippen LogP contribution in [0.25, 0.3) is 11.4 Å². The fraction of sp³-hybridized carbons (Fsp3) is 0.520. The first-order valence-electron chi connectivity index (χ1n) is 12.2. The van der Waals surface area contributed by atoms with Crippen LogP contribution in [0.15, 0.2) is 30.3 Å². The second-order valence-electron chi connectivity index (χ2n) is 8.91. The molecule has 1 amide bonds. The molecule has 4 heterocycles. The highest BCUT2D eigenvalue weighted by atomic mass is 16.1. The van der Waals surface area contributed by atoms with Gasteiger partial charge in [-0.3, -0.25) is 4.79 Å². The van der Waals surface area contributed by atoms with Crippen LogP contribution in [0.4, 0.5) is 0 Å². The minimum absolute atomic E-state index is 0.0575. The lowest BCUT2D eigenvalue weighted by Gasteiger charge is -2.09. The van der Waals surface area contributed by atoms with Crippen LogP contribution in [0.5, 0.6) is 0 Å². The van der Waals surface area contributed by atoms with Gasteiger partial charge in [0.05, 0.1) is 5.69 Å². The van der Waals surface area contributed by atoms with E-state index < -0.39 is 0 Å². The highest BCUT2D eigenvalue weighted by molar-refractivity contribution is 5.94. The van der Waals surface area contributed by atoms with Gasteiger partial charge in [0, 0.05) is 38.0 Å². The molecule has 1 N–H and O–H groups in total. The van der Waals surface area contributed by atoms with Crippen molar-refractivity contribution in [3.8, 4) is 11.4 Å². The van der Waals surface area contributed by atoms with Crippen molar-refractivity contribution in [3.63, 3.8) is 0 Å². The fourth-order valence-electron chi connectivity index (χ4n) is 4.97. The molecule has 0 unspecified atom stereocenters. The number of aromatic nitrogens is 5. The van der Waals surface area contributed by atoms with Gasteiger partial charge in [0.25, 0.3) is 5.91 Å². The fourth-order valence-corrected chi connectivity index (χ4v) is 4.97. The molecule has 3 aromatic rings. The first kappa shape index (κ1) is 20.9. The van der Waals surface area contributed by atoms with E-state index in [1.807, 2.05) is 18.2 Å². The van der Waals surface area contributed by atoms with E-state index in [2.05, 4.69) is 36.8 Å². The molecular formula is C25H32N6O. The van der Waals surface area contributed by atoms with Crippen LogP contribution in [-0.2, 0) is 32.4 Å². The predicted octanol–water partition coefficient (Wildman–Crippen LogP) is 3.96. The molecule has 0 spiro atoms. The van der Waals surface area contributed by atoms with Crippen molar-refractivity contribution in [3.05, 3.63) is 53.4 Å². The van der Waals surface area contributed by atoms with E-state index in [-0.39, 0.29) is 5.91 Å². The number of imidazole rings is 1. The number of carbonyl (C=O) groups is 1. The normalized spacial score (nSPS) is 16.0. The maximum Gasteiger partial charge on any atom is 0.271 e. The Balaban J connectivity index is 1.26. The molecule has 0 bridgehead atoms. The molecule has 0 aliphatic carbocycles. The second-order valence-corrected chi connectivity index (χ2v) is 8.91. The van der Waals surface area contributed by atoms with Gasteiger partial charge in [-0.05, 0) is 38.5 Å². The van der Waals surface area contributed by atoms with E-state index in [4.69, 9.17) is 4.98 Å². The molecule has 168 valence electrons. The van der Waals surface area contributed by atoms with E-state index in [1.165, 1.54) is 25.7 Å². The summed E-state index contributed by atoms with van der Waals surface area (Å²) in [7, 11) is 0. The number of carbonyl (C=O) groups excluding carboxylic acids is 1. The van der Waals surface area contributed by atoms with Gasteiger partial charge in [-0.2, -0.15) is 0 Å². The van der Waals surface area contributed by atoms with Crippen molar-refractivity contribution in [2.75, 3.05) is 6.54 Å². The number of nitrogens with zero attached hydrogens (tertiary/aromatic N) is 5. The Morgan fingerprint density at radius 2 is 1.69 bits per heavy atom. The zero-order valence-electron chi connectivity index (χ0n) is 18.7. The first-order valence-corrected chi connectivity index (χ1v) is 12.2. The molecule has 7 heteroatoms. The molecule has 0 fully saturated rings. The minimum Gasteiger partial charge on any atom is -0.351 e. The van der Waals surface area contributed by atoms with E-state index in [9.17, 15) is 4.79 Å². The molecule has 0 radical (unpaired) electrons. The first-order chi connectivity index (χ1) is 15.8. The van der Waals surface area contributed by atoms with Gasteiger partial charge in [-0.1, -0.05) is 43.2 Å². The van der Waals surface area contributed by atoms with Crippen molar-refractivity contribution >= 4 is 5.91 Å². The van der Waals surface area contributed by atoms with E-state index in [1.54, 1.807) is 0 Å². The lowest BCUT2D eigenvalue weighted by atomic mass is 10.1. The quantitative estimate of drug-likeness (QED) is 0.598. The molecule has 2 aliphatic rings. The van der Waals surface area contributed by atoms with Crippen molar-refractivity contribution in [2.45, 2.75) is 77.3 Å². The highest BCUT2D eigenvalue weighted by Crippen LogP contribution is 2.27. The van der Waals surface area contributed by atoms with Gasteiger partial charge in [0.1, 0.15) is 23.2 Å². The number of benzene rings is 1. The van der Waals surface area contributed by atoms with Gasteiger partial charge >= 0.3 is 0 Å². The monoisotopic (exact) mass is 432 g/mol. The number of hydrogen-bond donors (Lipinski definition) is 1. The number of aryl methyl sites for hydroxylation is 2. The summed E-state index contributed by atoms with van der Waals surface area (Å²) in [6.45, 7) is 2.57. The van der Waals surface area contributed by atoms with Gasteiger partial charge in [-0.25, -0.2) is 4.98 Å². The number of hydrogen-bond acceptors (Lipinski definition) is 4. The van der Waals surface area contributed by atoms with Crippen molar-refractivity contribution in [1.29, 1.82) is 0 Å². The summed E-state index contributed by atoms with van der Waals surface area (Å²) in [6, 6.07) is 10.2. The van der Waals surface area contributed by atoms with Gasteiger partial charge < -0.3 is 14.5 Å². The van der Waals surface area contributed by atoms with E-state index in [0.717, 1.165) is 80.3 Å². The third kappa shape index (κ3) is 4.33. The topological polar surface area (TPSA) is 77.6 Å². The van der Waals surface area contributed by atoms with Crippen molar-refractivity contribution < 1.29 is 4.79 Å².